The minimum atomic E-state index is -1.18. The molecule has 2 aromatic rings. The molecule has 1 aliphatic heterocycles. The molecule has 25 heavy (non-hydrogen) atoms. The summed E-state index contributed by atoms with van der Waals surface area (Å²) in [6.07, 6.45) is 2.01. The Morgan fingerprint density at radius 2 is 2.08 bits per heavy atom. The molecule has 6 nitrogen and oxygen atoms in total. The van der Waals surface area contributed by atoms with Gasteiger partial charge in [0.2, 0.25) is 0 Å². The summed E-state index contributed by atoms with van der Waals surface area (Å²) in [5.74, 6) is -0.283. The number of phenols is 1. The van der Waals surface area contributed by atoms with Crippen molar-refractivity contribution < 1.29 is 24.6 Å². The molecule has 0 aliphatic carbocycles. The van der Waals surface area contributed by atoms with E-state index in [4.69, 9.17) is 14.7 Å². The maximum Gasteiger partial charge on any atom is 0.339 e. The normalized spacial score (nSPS) is 19.2. The van der Waals surface area contributed by atoms with Crippen LogP contribution < -0.4 is 10.2 Å². The number of carbonyl (C=O) groups is 1. The Labute approximate surface area is 145 Å². The molecular weight excluding hydrogens is 322 g/mol. The van der Waals surface area contributed by atoms with Gasteiger partial charge in [0.1, 0.15) is 29.4 Å². The van der Waals surface area contributed by atoms with Crippen molar-refractivity contribution in [3.05, 3.63) is 71.0 Å². The highest BCUT2D eigenvalue weighted by molar-refractivity contribution is 5.90. The zero-order valence-electron chi connectivity index (χ0n) is 13.9. The van der Waals surface area contributed by atoms with Gasteiger partial charge < -0.3 is 19.8 Å². The number of aromatic carboxylic acids is 1. The molecule has 0 aromatic heterocycles. The molecule has 0 fully saturated rings. The van der Waals surface area contributed by atoms with Gasteiger partial charge in [-0.3, -0.25) is 0 Å². The Morgan fingerprint density at radius 1 is 1.28 bits per heavy atom. The Bertz CT molecular complexity index is 845. The minimum Gasteiger partial charge on any atom is -0.507 e. The van der Waals surface area contributed by atoms with E-state index in [0.29, 0.717) is 12.4 Å². The topological polar surface area (TPSA) is 88.0 Å². The summed E-state index contributed by atoms with van der Waals surface area (Å²) in [4.78, 5) is 16.2. The third-order valence-electron chi connectivity index (χ3n) is 4.05. The number of aromatic hydroxyl groups is 1. The smallest absolute Gasteiger partial charge is 0.339 e. The van der Waals surface area contributed by atoms with Crippen molar-refractivity contribution in [2.45, 2.75) is 26.0 Å². The summed E-state index contributed by atoms with van der Waals surface area (Å²) in [5.41, 5.74) is 4.43. The molecule has 6 heteroatoms. The van der Waals surface area contributed by atoms with Crippen LogP contribution >= 0.6 is 0 Å². The van der Waals surface area contributed by atoms with E-state index in [1.54, 1.807) is 0 Å². The molecular formula is C19H19NO5. The lowest BCUT2D eigenvalue weighted by molar-refractivity contribution is 0.0693. The third kappa shape index (κ3) is 3.59. The number of carboxylic acids is 1. The van der Waals surface area contributed by atoms with Crippen LogP contribution in [-0.2, 0) is 17.0 Å². The average Bonchev–Trinajstić information content (AvgIpc) is 2.93. The Morgan fingerprint density at radius 3 is 2.72 bits per heavy atom. The quantitative estimate of drug-likeness (QED) is 0.773. The van der Waals surface area contributed by atoms with Gasteiger partial charge in [-0.25, -0.2) is 4.79 Å². The van der Waals surface area contributed by atoms with Gasteiger partial charge in [0.25, 0.3) is 0 Å². The summed E-state index contributed by atoms with van der Waals surface area (Å²) in [5, 5.41) is 18.6. The fraction of sp³-hybridized carbons (Fsp3) is 0.211. The van der Waals surface area contributed by atoms with Gasteiger partial charge in [-0.1, -0.05) is 24.3 Å². The maximum atomic E-state index is 10.9. The second-order valence-corrected chi connectivity index (χ2v) is 6.13. The van der Waals surface area contributed by atoms with Gasteiger partial charge in [0.15, 0.2) is 0 Å². The van der Waals surface area contributed by atoms with E-state index in [9.17, 15) is 9.90 Å². The molecule has 0 radical (unpaired) electrons. The molecule has 3 rings (SSSR count). The molecule has 130 valence electrons. The second kappa shape index (κ2) is 6.49. The number of allylic oxidation sites excluding steroid dienone is 1. The second-order valence-electron chi connectivity index (χ2n) is 6.13. The summed E-state index contributed by atoms with van der Waals surface area (Å²) >= 11 is 0. The van der Waals surface area contributed by atoms with Crippen molar-refractivity contribution in [3.63, 3.8) is 0 Å². The molecule has 0 bridgehead atoms. The fourth-order valence-electron chi connectivity index (χ4n) is 2.73. The Hall–Kier alpha value is -2.99. The number of ether oxygens (including phenoxy) is 1. The largest absolute Gasteiger partial charge is 0.507 e. The summed E-state index contributed by atoms with van der Waals surface area (Å²) < 4.78 is 5.66. The van der Waals surface area contributed by atoms with Crippen LogP contribution in [0.3, 0.4) is 0 Å². The monoisotopic (exact) mass is 341 g/mol. The Balaban J connectivity index is 1.73. The highest BCUT2D eigenvalue weighted by Crippen LogP contribution is 2.30. The predicted molar refractivity (Wildman–Crippen MR) is 91.2 cm³/mol. The van der Waals surface area contributed by atoms with E-state index in [-0.39, 0.29) is 11.3 Å². The number of carboxylic acid groups (broad SMARTS) is 1. The van der Waals surface area contributed by atoms with E-state index in [1.807, 2.05) is 44.2 Å². The van der Waals surface area contributed by atoms with Gasteiger partial charge in [0.05, 0.1) is 5.54 Å². The molecule has 1 atom stereocenters. The van der Waals surface area contributed by atoms with E-state index < -0.39 is 11.5 Å². The van der Waals surface area contributed by atoms with Crippen molar-refractivity contribution in [2.24, 2.45) is 0 Å². The van der Waals surface area contributed by atoms with Crippen molar-refractivity contribution in [3.8, 4) is 11.5 Å². The first kappa shape index (κ1) is 16.9. The maximum absolute atomic E-state index is 10.9. The standard InChI is InChI=1S/C19H19NO5/c1-12-10-19(2,20-25-12)14-5-3-4-13(8-14)11-24-15-6-7-16(18(22)23)17(21)9-15/h3-10,20-21H,11H2,1-2H3,(H,22,23). The number of hydroxylamine groups is 1. The van der Waals surface area contributed by atoms with Crippen molar-refractivity contribution in [2.75, 3.05) is 0 Å². The predicted octanol–water partition coefficient (Wildman–Crippen LogP) is 3.32. The molecule has 2 aromatic carbocycles. The van der Waals surface area contributed by atoms with Crippen LogP contribution in [0, 0.1) is 0 Å². The third-order valence-corrected chi connectivity index (χ3v) is 4.05. The SMILES string of the molecule is CC1=CC(C)(c2cccc(COc3ccc(C(=O)O)c(O)c3)c2)NO1. The van der Waals surface area contributed by atoms with Gasteiger partial charge >= 0.3 is 5.97 Å². The van der Waals surface area contributed by atoms with Crippen LogP contribution in [0.4, 0.5) is 0 Å². The molecule has 1 unspecified atom stereocenters. The molecule has 0 saturated heterocycles. The molecule has 0 saturated carbocycles. The Kier molecular flexibility index (Phi) is 4.37. The van der Waals surface area contributed by atoms with E-state index in [1.165, 1.54) is 18.2 Å². The average molecular weight is 341 g/mol. The van der Waals surface area contributed by atoms with E-state index >= 15 is 0 Å². The van der Waals surface area contributed by atoms with Gasteiger partial charge in [0, 0.05) is 6.07 Å². The number of rotatable bonds is 5. The first-order valence-corrected chi connectivity index (χ1v) is 7.79. The molecule has 1 aliphatic rings. The zero-order chi connectivity index (χ0) is 18.0. The molecule has 0 spiro atoms. The first-order valence-electron chi connectivity index (χ1n) is 7.79. The minimum absolute atomic E-state index is 0.156. The number of hydrogen-bond donors (Lipinski definition) is 3. The summed E-state index contributed by atoms with van der Waals surface area (Å²) in [6.45, 7) is 4.20. The molecule has 0 amide bonds. The van der Waals surface area contributed by atoms with Crippen LogP contribution in [0.25, 0.3) is 0 Å². The molecule has 1 heterocycles. The number of benzene rings is 2. The van der Waals surface area contributed by atoms with Crippen molar-refractivity contribution in [1.29, 1.82) is 0 Å². The number of hydrogen-bond acceptors (Lipinski definition) is 5. The lowest BCUT2D eigenvalue weighted by Gasteiger charge is -2.22. The van der Waals surface area contributed by atoms with Crippen LogP contribution in [0.2, 0.25) is 0 Å². The van der Waals surface area contributed by atoms with Crippen LogP contribution in [0.1, 0.15) is 35.3 Å². The van der Waals surface area contributed by atoms with Gasteiger partial charge in [-0.05, 0) is 43.2 Å². The van der Waals surface area contributed by atoms with Crippen LogP contribution in [0.5, 0.6) is 11.5 Å². The highest BCUT2D eigenvalue weighted by atomic mass is 16.7. The first-order chi connectivity index (χ1) is 11.9. The van der Waals surface area contributed by atoms with Crippen molar-refractivity contribution in [1.82, 2.24) is 5.48 Å². The summed E-state index contributed by atoms with van der Waals surface area (Å²) in [6, 6.07) is 12.0. The van der Waals surface area contributed by atoms with Crippen LogP contribution in [-0.4, -0.2) is 16.2 Å². The van der Waals surface area contributed by atoms with Gasteiger partial charge in [-0.2, -0.15) is 0 Å². The lowest BCUT2D eigenvalue weighted by Crippen LogP contribution is -2.32. The van der Waals surface area contributed by atoms with E-state index in [0.717, 1.165) is 16.9 Å². The molecule has 3 N–H and O–H groups in total. The zero-order valence-corrected chi connectivity index (χ0v) is 13.9. The van der Waals surface area contributed by atoms with E-state index in [2.05, 4.69) is 5.48 Å². The van der Waals surface area contributed by atoms with Crippen LogP contribution in [0.15, 0.2) is 54.3 Å². The van der Waals surface area contributed by atoms with Gasteiger partial charge in [-0.15, -0.1) is 5.48 Å². The number of nitrogens with one attached hydrogen (secondary N) is 1. The fourth-order valence-corrected chi connectivity index (χ4v) is 2.73. The summed E-state index contributed by atoms with van der Waals surface area (Å²) in [7, 11) is 0. The van der Waals surface area contributed by atoms with Crippen molar-refractivity contribution >= 4 is 5.97 Å². The lowest BCUT2D eigenvalue weighted by atomic mass is 9.91. The highest BCUT2D eigenvalue weighted by Gasteiger charge is 2.30.